The number of aromatic hydroxyl groups is 1. The Morgan fingerprint density at radius 1 is 1.13 bits per heavy atom. The zero-order valence-electron chi connectivity index (χ0n) is 18.7. The summed E-state index contributed by atoms with van der Waals surface area (Å²) < 4.78 is 25.5. The third-order valence-electron chi connectivity index (χ3n) is 5.40. The number of halogens is 1. The van der Waals surface area contributed by atoms with Gasteiger partial charge in [-0.1, -0.05) is 26.0 Å². The number of fused-ring (bicyclic) bond motifs is 1. The molecule has 2 aromatic carbocycles. The first-order chi connectivity index (χ1) is 15.0. The average Bonchev–Trinajstić information content (AvgIpc) is 2.78. The highest BCUT2D eigenvalue weighted by atomic mass is 19.1. The fraction of sp³-hybridized carbons (Fsp3) is 0.400. The second-order valence-electron chi connectivity index (χ2n) is 7.49. The standard InChI is InChI=1S/C23H25FN2O3.C2H6/c1-15-12-22(19-4-3-5-20(24)23(19)25-15)29-17-8-10-26(11-9-17)14-16-6-7-18(28-2)13-21(16)27;1-2/h3-7,12-13,17,27H,8-11,14H2,1-2H3;1-2H3. The molecule has 1 fully saturated rings. The van der Waals surface area contributed by atoms with Crippen molar-refractivity contribution in [1.29, 1.82) is 0 Å². The molecular weight excluding hydrogens is 395 g/mol. The van der Waals surface area contributed by atoms with Gasteiger partial charge in [-0.2, -0.15) is 0 Å². The van der Waals surface area contributed by atoms with Crippen LogP contribution in [0, 0.1) is 12.7 Å². The SMILES string of the molecule is CC.COc1ccc(CN2CCC(Oc3cc(C)nc4c(F)cccc34)CC2)c(O)c1. The van der Waals surface area contributed by atoms with Crippen LogP contribution in [0.1, 0.15) is 37.9 Å². The normalized spacial score (nSPS) is 14.7. The van der Waals surface area contributed by atoms with Crippen molar-refractivity contribution >= 4 is 10.9 Å². The van der Waals surface area contributed by atoms with Crippen LogP contribution in [0.3, 0.4) is 0 Å². The summed E-state index contributed by atoms with van der Waals surface area (Å²) in [6.45, 7) is 8.27. The Hall–Kier alpha value is -2.86. The maximum Gasteiger partial charge on any atom is 0.149 e. The lowest BCUT2D eigenvalue weighted by Gasteiger charge is -2.32. The molecule has 4 rings (SSSR count). The van der Waals surface area contributed by atoms with Crippen LogP contribution >= 0.6 is 0 Å². The molecule has 1 aliphatic heterocycles. The molecule has 0 atom stereocenters. The molecule has 0 saturated carbocycles. The number of ether oxygens (including phenoxy) is 2. The molecule has 31 heavy (non-hydrogen) atoms. The summed E-state index contributed by atoms with van der Waals surface area (Å²) in [5, 5.41) is 10.9. The van der Waals surface area contributed by atoms with E-state index in [1.807, 2.05) is 45.0 Å². The van der Waals surface area contributed by atoms with Crippen molar-refractivity contribution in [3.63, 3.8) is 0 Å². The number of pyridine rings is 1. The maximum atomic E-state index is 14.1. The van der Waals surface area contributed by atoms with Crippen LogP contribution in [0.4, 0.5) is 4.39 Å². The van der Waals surface area contributed by atoms with Crippen molar-refractivity contribution in [3.05, 3.63) is 59.5 Å². The first kappa shape index (κ1) is 22.8. The second kappa shape index (κ2) is 10.4. The van der Waals surface area contributed by atoms with Gasteiger partial charge in [-0.3, -0.25) is 4.90 Å². The summed E-state index contributed by atoms with van der Waals surface area (Å²) in [6, 6.07) is 12.2. The highest BCUT2D eigenvalue weighted by Crippen LogP contribution is 2.30. The Labute approximate surface area is 183 Å². The van der Waals surface area contributed by atoms with Crippen LogP contribution in [-0.4, -0.2) is 41.3 Å². The van der Waals surface area contributed by atoms with E-state index in [0.717, 1.165) is 37.2 Å². The number of nitrogens with zero attached hydrogens (tertiary/aromatic N) is 2. The number of phenolic OH excluding ortho intramolecular Hbond substituents is 1. The predicted molar refractivity (Wildman–Crippen MR) is 121 cm³/mol. The summed E-state index contributed by atoms with van der Waals surface area (Å²) in [6.07, 6.45) is 1.81. The second-order valence-corrected chi connectivity index (χ2v) is 7.49. The molecule has 6 heteroatoms. The molecule has 0 unspecified atom stereocenters. The lowest BCUT2D eigenvalue weighted by Crippen LogP contribution is -2.37. The summed E-state index contributed by atoms with van der Waals surface area (Å²) in [5.41, 5.74) is 1.98. The van der Waals surface area contributed by atoms with Crippen molar-refractivity contribution in [2.45, 2.75) is 46.3 Å². The number of para-hydroxylation sites is 1. The van der Waals surface area contributed by atoms with Gasteiger partial charge >= 0.3 is 0 Å². The molecule has 1 aliphatic rings. The monoisotopic (exact) mass is 426 g/mol. The van der Waals surface area contributed by atoms with Gasteiger partial charge in [0.25, 0.3) is 0 Å². The van der Waals surface area contributed by atoms with Crippen molar-refractivity contribution in [3.8, 4) is 17.2 Å². The van der Waals surface area contributed by atoms with Crippen molar-refractivity contribution in [1.82, 2.24) is 9.88 Å². The number of aryl methyl sites for hydroxylation is 1. The van der Waals surface area contributed by atoms with Gasteiger partial charge < -0.3 is 14.6 Å². The van der Waals surface area contributed by atoms with Gasteiger partial charge in [0, 0.05) is 48.4 Å². The fourth-order valence-electron chi connectivity index (χ4n) is 3.81. The van der Waals surface area contributed by atoms with Gasteiger partial charge in [0.2, 0.25) is 0 Å². The van der Waals surface area contributed by atoms with Crippen molar-refractivity contribution < 1.29 is 19.0 Å². The Bertz CT molecular complexity index is 1020. The quantitative estimate of drug-likeness (QED) is 0.587. The number of hydrogen-bond acceptors (Lipinski definition) is 5. The van der Waals surface area contributed by atoms with E-state index in [1.54, 1.807) is 19.2 Å². The molecule has 2 heterocycles. The third-order valence-corrected chi connectivity index (χ3v) is 5.40. The predicted octanol–water partition coefficient (Wildman–Crippen LogP) is 5.47. The molecular formula is C25H31FN2O3. The average molecular weight is 427 g/mol. The van der Waals surface area contributed by atoms with E-state index in [4.69, 9.17) is 9.47 Å². The van der Waals surface area contributed by atoms with E-state index in [9.17, 15) is 9.50 Å². The molecule has 1 N–H and O–H groups in total. The molecule has 0 amide bonds. The van der Waals surface area contributed by atoms with Crippen LogP contribution in [0.2, 0.25) is 0 Å². The largest absolute Gasteiger partial charge is 0.507 e. The fourth-order valence-corrected chi connectivity index (χ4v) is 3.81. The van der Waals surface area contributed by atoms with Crippen LogP contribution in [0.15, 0.2) is 42.5 Å². The summed E-state index contributed by atoms with van der Waals surface area (Å²) in [7, 11) is 1.58. The number of benzene rings is 2. The zero-order valence-corrected chi connectivity index (χ0v) is 18.7. The minimum Gasteiger partial charge on any atom is -0.507 e. The topological polar surface area (TPSA) is 54.8 Å². The smallest absolute Gasteiger partial charge is 0.149 e. The molecule has 0 aliphatic carbocycles. The lowest BCUT2D eigenvalue weighted by molar-refractivity contribution is 0.0974. The van der Waals surface area contributed by atoms with Gasteiger partial charge in [-0.05, 0) is 38.0 Å². The maximum absolute atomic E-state index is 14.1. The molecule has 1 aromatic heterocycles. The number of piperidine rings is 1. The molecule has 5 nitrogen and oxygen atoms in total. The van der Waals surface area contributed by atoms with Crippen molar-refractivity contribution in [2.75, 3.05) is 20.2 Å². The number of rotatable bonds is 5. The van der Waals surface area contributed by atoms with Gasteiger partial charge in [0.1, 0.15) is 34.7 Å². The number of hydrogen-bond donors (Lipinski definition) is 1. The minimum absolute atomic E-state index is 0.0731. The van der Waals surface area contributed by atoms with Gasteiger partial charge in [0.05, 0.1) is 7.11 Å². The molecule has 0 spiro atoms. The highest BCUT2D eigenvalue weighted by molar-refractivity contribution is 5.85. The van der Waals surface area contributed by atoms with E-state index < -0.39 is 0 Å². The molecule has 3 aromatic rings. The van der Waals surface area contributed by atoms with Crippen LogP contribution in [-0.2, 0) is 6.54 Å². The highest BCUT2D eigenvalue weighted by Gasteiger charge is 2.22. The van der Waals surface area contributed by atoms with Crippen molar-refractivity contribution in [2.24, 2.45) is 0 Å². The lowest BCUT2D eigenvalue weighted by atomic mass is 10.1. The van der Waals surface area contributed by atoms with Crippen LogP contribution in [0.5, 0.6) is 17.2 Å². The molecule has 1 saturated heterocycles. The Morgan fingerprint density at radius 2 is 1.87 bits per heavy atom. The van der Waals surface area contributed by atoms with Gasteiger partial charge in [-0.15, -0.1) is 0 Å². The first-order valence-corrected chi connectivity index (χ1v) is 10.8. The number of phenols is 1. The van der Waals surface area contributed by atoms with Gasteiger partial charge in [-0.25, -0.2) is 9.37 Å². The van der Waals surface area contributed by atoms with E-state index >= 15 is 0 Å². The summed E-state index contributed by atoms with van der Waals surface area (Å²) in [4.78, 5) is 6.62. The van der Waals surface area contributed by atoms with Gasteiger partial charge in [0.15, 0.2) is 0 Å². The van der Waals surface area contributed by atoms with E-state index in [2.05, 4.69) is 9.88 Å². The van der Waals surface area contributed by atoms with Crippen LogP contribution < -0.4 is 9.47 Å². The zero-order chi connectivity index (χ0) is 22.4. The number of aromatic nitrogens is 1. The van der Waals surface area contributed by atoms with Crippen LogP contribution in [0.25, 0.3) is 10.9 Å². The third kappa shape index (κ3) is 5.44. The number of likely N-dealkylation sites (tertiary alicyclic amines) is 1. The first-order valence-electron chi connectivity index (χ1n) is 10.8. The number of methoxy groups -OCH3 is 1. The Balaban J connectivity index is 0.00000132. The summed E-state index contributed by atoms with van der Waals surface area (Å²) in [5.74, 6) is 1.27. The molecule has 0 radical (unpaired) electrons. The molecule has 166 valence electrons. The van der Waals surface area contributed by atoms with E-state index in [-0.39, 0.29) is 17.7 Å². The molecule has 0 bridgehead atoms. The summed E-state index contributed by atoms with van der Waals surface area (Å²) >= 11 is 0. The Morgan fingerprint density at radius 3 is 2.55 bits per heavy atom. The van der Waals surface area contributed by atoms with E-state index in [0.29, 0.717) is 28.9 Å². The minimum atomic E-state index is -0.329. The Kier molecular flexibility index (Phi) is 7.69. The van der Waals surface area contributed by atoms with E-state index in [1.165, 1.54) is 6.07 Å².